The lowest BCUT2D eigenvalue weighted by Gasteiger charge is -2.38. The molecule has 1 N–H and O–H groups in total. The summed E-state index contributed by atoms with van der Waals surface area (Å²) >= 11 is 1.55. The number of hydrogen-bond donors (Lipinski definition) is 1. The highest BCUT2D eigenvalue weighted by Gasteiger charge is 2.41. The quantitative estimate of drug-likeness (QED) is 0.928. The Bertz CT molecular complexity index is 542. The van der Waals surface area contributed by atoms with E-state index in [2.05, 4.69) is 6.92 Å². The fourth-order valence-electron chi connectivity index (χ4n) is 2.99. The Hall–Kier alpha value is -1.36. The molecule has 2 heterocycles. The van der Waals surface area contributed by atoms with Gasteiger partial charge in [0.25, 0.3) is 5.91 Å². The summed E-state index contributed by atoms with van der Waals surface area (Å²) in [5.41, 5.74) is 0.588. The number of amides is 1. The maximum Gasteiger partial charge on any atom is 0.309 e. The summed E-state index contributed by atoms with van der Waals surface area (Å²) in [6.45, 7) is 7.13. The molecule has 0 bridgehead atoms. The number of aliphatic carboxylic acids is 1. The zero-order chi connectivity index (χ0) is 15.6. The third-order valence-electron chi connectivity index (χ3n) is 4.75. The Morgan fingerprint density at radius 3 is 2.38 bits per heavy atom. The van der Waals surface area contributed by atoms with Crippen molar-refractivity contribution < 1.29 is 14.7 Å². The lowest BCUT2D eigenvalue weighted by atomic mass is 9.76. The number of likely N-dealkylation sites (tertiary alicyclic amines) is 1. The Morgan fingerprint density at radius 2 is 1.95 bits per heavy atom. The van der Waals surface area contributed by atoms with E-state index < -0.39 is 11.4 Å². The van der Waals surface area contributed by atoms with E-state index in [0.29, 0.717) is 32.4 Å². The van der Waals surface area contributed by atoms with Crippen molar-refractivity contribution in [1.82, 2.24) is 4.90 Å². The highest BCUT2D eigenvalue weighted by Crippen LogP contribution is 2.36. The Labute approximate surface area is 129 Å². The molecule has 0 saturated carbocycles. The van der Waals surface area contributed by atoms with Gasteiger partial charge in [0, 0.05) is 18.0 Å². The van der Waals surface area contributed by atoms with Crippen molar-refractivity contribution in [2.45, 2.75) is 46.5 Å². The normalized spacial score (nSPS) is 17.8. The summed E-state index contributed by atoms with van der Waals surface area (Å²) in [5, 5.41) is 9.40. The summed E-state index contributed by atoms with van der Waals surface area (Å²) in [6.07, 6.45) is 2.67. The minimum atomic E-state index is -0.725. The molecule has 0 spiro atoms. The monoisotopic (exact) mass is 309 g/mol. The lowest BCUT2D eigenvalue weighted by Crippen LogP contribution is -2.46. The second-order valence-electron chi connectivity index (χ2n) is 5.78. The van der Waals surface area contributed by atoms with E-state index in [1.807, 2.05) is 24.8 Å². The molecule has 21 heavy (non-hydrogen) atoms. The van der Waals surface area contributed by atoms with Crippen LogP contribution in [-0.4, -0.2) is 35.0 Å². The second-order valence-corrected chi connectivity index (χ2v) is 7.03. The maximum absolute atomic E-state index is 12.5. The molecule has 1 amide bonds. The molecule has 0 unspecified atom stereocenters. The molecule has 1 aromatic rings. The molecule has 0 aromatic carbocycles. The van der Waals surface area contributed by atoms with Crippen LogP contribution >= 0.6 is 11.3 Å². The average molecular weight is 309 g/mol. The fourth-order valence-corrected chi connectivity index (χ4v) is 4.07. The van der Waals surface area contributed by atoms with Gasteiger partial charge < -0.3 is 10.0 Å². The Morgan fingerprint density at radius 1 is 1.33 bits per heavy atom. The molecular weight excluding hydrogens is 286 g/mol. The van der Waals surface area contributed by atoms with E-state index in [9.17, 15) is 14.7 Å². The van der Waals surface area contributed by atoms with Crippen molar-refractivity contribution in [3.8, 4) is 0 Å². The van der Waals surface area contributed by atoms with E-state index in [1.165, 1.54) is 10.4 Å². The Kier molecular flexibility index (Phi) is 4.71. The van der Waals surface area contributed by atoms with E-state index in [1.54, 1.807) is 11.3 Å². The molecule has 2 rings (SSSR count). The number of nitrogens with zero attached hydrogens (tertiary/aromatic N) is 1. The van der Waals surface area contributed by atoms with E-state index in [4.69, 9.17) is 0 Å². The standard InChI is InChI=1S/C16H23NO3S/c1-4-12-10-13(21-11(12)3)14(18)17-8-6-16(5-2,7-9-17)15(19)20/h10H,4-9H2,1-3H3,(H,19,20). The first-order valence-electron chi connectivity index (χ1n) is 7.55. The number of rotatable bonds is 4. The first-order valence-corrected chi connectivity index (χ1v) is 8.37. The first-order chi connectivity index (χ1) is 9.93. The number of piperidine rings is 1. The summed E-state index contributed by atoms with van der Waals surface area (Å²) in [4.78, 5) is 27.8. The summed E-state index contributed by atoms with van der Waals surface area (Å²) < 4.78 is 0. The molecular formula is C16H23NO3S. The highest BCUT2D eigenvalue weighted by molar-refractivity contribution is 7.14. The van der Waals surface area contributed by atoms with E-state index in [-0.39, 0.29) is 5.91 Å². The van der Waals surface area contributed by atoms with Crippen molar-refractivity contribution >= 4 is 23.2 Å². The van der Waals surface area contributed by atoms with Crippen LogP contribution in [0, 0.1) is 12.3 Å². The molecule has 5 heteroatoms. The number of hydrogen-bond acceptors (Lipinski definition) is 3. The van der Waals surface area contributed by atoms with Crippen LogP contribution in [-0.2, 0) is 11.2 Å². The summed E-state index contributed by atoms with van der Waals surface area (Å²) in [5.74, 6) is -0.671. The number of carboxylic acid groups (broad SMARTS) is 1. The van der Waals surface area contributed by atoms with Gasteiger partial charge in [-0.15, -0.1) is 11.3 Å². The van der Waals surface area contributed by atoms with E-state index in [0.717, 1.165) is 11.3 Å². The lowest BCUT2D eigenvalue weighted by molar-refractivity contribution is -0.152. The largest absolute Gasteiger partial charge is 0.481 e. The van der Waals surface area contributed by atoms with Crippen LogP contribution in [0.15, 0.2) is 6.07 Å². The average Bonchev–Trinajstić information content (AvgIpc) is 2.87. The third-order valence-corrected chi connectivity index (χ3v) is 5.83. The van der Waals surface area contributed by atoms with Gasteiger partial charge in [-0.1, -0.05) is 13.8 Å². The van der Waals surface area contributed by atoms with Gasteiger partial charge >= 0.3 is 5.97 Å². The molecule has 0 radical (unpaired) electrons. The third kappa shape index (κ3) is 2.98. The summed E-state index contributed by atoms with van der Waals surface area (Å²) in [6, 6.07) is 1.99. The highest BCUT2D eigenvalue weighted by atomic mass is 32.1. The smallest absolute Gasteiger partial charge is 0.309 e. The molecule has 116 valence electrons. The zero-order valence-electron chi connectivity index (χ0n) is 12.9. The number of carbonyl (C=O) groups is 2. The van der Waals surface area contributed by atoms with Crippen molar-refractivity contribution in [2.24, 2.45) is 5.41 Å². The molecule has 1 fully saturated rings. The van der Waals surface area contributed by atoms with Crippen LogP contribution in [0.2, 0.25) is 0 Å². The number of aryl methyl sites for hydroxylation is 2. The van der Waals surface area contributed by atoms with Gasteiger partial charge in [-0.25, -0.2) is 0 Å². The van der Waals surface area contributed by atoms with Crippen molar-refractivity contribution in [2.75, 3.05) is 13.1 Å². The number of carbonyl (C=O) groups excluding carboxylic acids is 1. The SMILES string of the molecule is CCc1cc(C(=O)N2CCC(CC)(C(=O)O)CC2)sc1C. The molecule has 1 aliphatic heterocycles. The number of thiophene rings is 1. The van der Waals surface area contributed by atoms with Gasteiger partial charge in [-0.2, -0.15) is 0 Å². The second kappa shape index (κ2) is 6.18. The van der Waals surface area contributed by atoms with Gasteiger partial charge in [-0.05, 0) is 44.2 Å². The molecule has 4 nitrogen and oxygen atoms in total. The van der Waals surface area contributed by atoms with Gasteiger partial charge in [0.05, 0.1) is 10.3 Å². The van der Waals surface area contributed by atoms with Crippen LogP contribution in [0.1, 0.15) is 53.2 Å². The van der Waals surface area contributed by atoms with Gasteiger partial charge in [0.2, 0.25) is 0 Å². The van der Waals surface area contributed by atoms with Crippen molar-refractivity contribution in [1.29, 1.82) is 0 Å². The molecule has 0 aliphatic carbocycles. The van der Waals surface area contributed by atoms with Crippen molar-refractivity contribution in [3.63, 3.8) is 0 Å². The molecule has 1 aromatic heterocycles. The van der Waals surface area contributed by atoms with Crippen LogP contribution < -0.4 is 0 Å². The van der Waals surface area contributed by atoms with Crippen LogP contribution in [0.3, 0.4) is 0 Å². The van der Waals surface area contributed by atoms with Crippen LogP contribution in [0.4, 0.5) is 0 Å². The predicted molar refractivity (Wildman–Crippen MR) is 83.9 cm³/mol. The van der Waals surface area contributed by atoms with Gasteiger partial charge in [0.15, 0.2) is 0 Å². The first kappa shape index (κ1) is 16.0. The minimum absolute atomic E-state index is 0.0536. The van der Waals surface area contributed by atoms with Crippen molar-refractivity contribution in [3.05, 3.63) is 21.4 Å². The van der Waals surface area contributed by atoms with Crippen LogP contribution in [0.5, 0.6) is 0 Å². The predicted octanol–water partition coefficient (Wildman–Crippen LogP) is 3.34. The Balaban J connectivity index is 2.08. The molecule has 1 saturated heterocycles. The molecule has 1 aliphatic rings. The number of carboxylic acids is 1. The van der Waals surface area contributed by atoms with Crippen LogP contribution in [0.25, 0.3) is 0 Å². The molecule has 0 atom stereocenters. The maximum atomic E-state index is 12.5. The van der Waals surface area contributed by atoms with Gasteiger partial charge in [0.1, 0.15) is 0 Å². The topological polar surface area (TPSA) is 57.6 Å². The minimum Gasteiger partial charge on any atom is -0.481 e. The summed E-state index contributed by atoms with van der Waals surface area (Å²) in [7, 11) is 0. The zero-order valence-corrected chi connectivity index (χ0v) is 13.8. The fraction of sp³-hybridized carbons (Fsp3) is 0.625. The van der Waals surface area contributed by atoms with Gasteiger partial charge in [-0.3, -0.25) is 9.59 Å². The van der Waals surface area contributed by atoms with E-state index >= 15 is 0 Å².